The molecule has 1 aromatic heterocycles. The van der Waals surface area contributed by atoms with Gasteiger partial charge in [0.25, 0.3) is 5.91 Å². The quantitative estimate of drug-likeness (QED) is 0.889. The molecule has 1 aromatic carbocycles. The molecule has 0 aliphatic heterocycles. The van der Waals surface area contributed by atoms with Crippen LogP contribution in [-0.2, 0) is 4.79 Å². The summed E-state index contributed by atoms with van der Waals surface area (Å²) in [7, 11) is 0. The van der Waals surface area contributed by atoms with Crippen LogP contribution in [0, 0.1) is 0 Å². The van der Waals surface area contributed by atoms with Crippen molar-refractivity contribution in [2.45, 2.75) is 26.3 Å². The first-order valence-corrected chi connectivity index (χ1v) is 7.18. The summed E-state index contributed by atoms with van der Waals surface area (Å²) in [5.41, 5.74) is 0.567. The van der Waals surface area contributed by atoms with Gasteiger partial charge in [0.15, 0.2) is 5.82 Å². The molecule has 6 heteroatoms. The second-order valence-corrected chi connectivity index (χ2v) is 4.99. The molecule has 2 rings (SSSR count). The molecule has 22 heavy (non-hydrogen) atoms. The Bertz CT molecular complexity index is 611. The third-order valence-corrected chi connectivity index (χ3v) is 3.42. The van der Waals surface area contributed by atoms with Crippen LogP contribution in [0.1, 0.15) is 30.6 Å². The second-order valence-electron chi connectivity index (χ2n) is 4.99. The maximum Gasteiger partial charge on any atom is 0.254 e. The molecule has 0 spiro atoms. The van der Waals surface area contributed by atoms with E-state index in [1.54, 1.807) is 35.2 Å². The minimum atomic E-state index is -0.307. The van der Waals surface area contributed by atoms with E-state index in [0.717, 1.165) is 6.42 Å². The Hall–Kier alpha value is -2.63. The molecule has 2 aromatic rings. The van der Waals surface area contributed by atoms with E-state index in [2.05, 4.69) is 15.0 Å². The Labute approximate surface area is 129 Å². The number of benzene rings is 1. The average molecular weight is 301 g/mol. The smallest absolute Gasteiger partial charge is 0.254 e. The Morgan fingerprint density at radius 2 is 2.00 bits per heavy atom. The monoisotopic (exact) mass is 301 g/mol. The Balaban J connectivity index is 2.09. The number of amides is 2. The van der Waals surface area contributed by atoms with E-state index < -0.39 is 0 Å². The van der Waals surface area contributed by atoms with E-state index in [1.165, 1.54) is 6.26 Å². The summed E-state index contributed by atoms with van der Waals surface area (Å²) in [5, 5.41) is 6.22. The van der Waals surface area contributed by atoms with Crippen LogP contribution in [0.5, 0.6) is 0 Å². The van der Waals surface area contributed by atoms with Crippen molar-refractivity contribution in [2.75, 3.05) is 11.9 Å². The topological polar surface area (TPSA) is 75.4 Å². The maximum absolute atomic E-state index is 12.6. The first kappa shape index (κ1) is 15.8. The van der Waals surface area contributed by atoms with E-state index in [1.807, 2.05) is 19.9 Å². The highest BCUT2D eigenvalue weighted by atomic mass is 16.5. The van der Waals surface area contributed by atoms with Gasteiger partial charge < -0.3 is 14.7 Å². The molecule has 0 aliphatic carbocycles. The van der Waals surface area contributed by atoms with Crippen molar-refractivity contribution in [3.63, 3.8) is 0 Å². The van der Waals surface area contributed by atoms with Crippen molar-refractivity contribution < 1.29 is 14.1 Å². The number of aromatic nitrogens is 1. The van der Waals surface area contributed by atoms with E-state index in [-0.39, 0.29) is 24.4 Å². The molecule has 0 fully saturated rings. The van der Waals surface area contributed by atoms with E-state index in [4.69, 9.17) is 0 Å². The maximum atomic E-state index is 12.6. The van der Waals surface area contributed by atoms with Gasteiger partial charge in [0.2, 0.25) is 5.91 Å². The van der Waals surface area contributed by atoms with Gasteiger partial charge in [-0.25, -0.2) is 0 Å². The largest absolute Gasteiger partial charge is 0.363 e. The predicted molar refractivity (Wildman–Crippen MR) is 82.4 cm³/mol. The SMILES string of the molecule is CCC(C)N(CC(=O)Nc1ccon1)C(=O)c1ccccc1. The van der Waals surface area contributed by atoms with Crippen molar-refractivity contribution in [3.8, 4) is 0 Å². The molecule has 1 N–H and O–H groups in total. The lowest BCUT2D eigenvalue weighted by molar-refractivity contribution is -0.117. The highest BCUT2D eigenvalue weighted by Gasteiger charge is 2.23. The van der Waals surface area contributed by atoms with Crippen LogP contribution >= 0.6 is 0 Å². The van der Waals surface area contributed by atoms with Crippen LogP contribution in [-0.4, -0.2) is 34.5 Å². The predicted octanol–water partition coefficient (Wildman–Crippen LogP) is 2.55. The van der Waals surface area contributed by atoms with Crippen LogP contribution in [0.4, 0.5) is 5.82 Å². The van der Waals surface area contributed by atoms with Crippen LogP contribution < -0.4 is 5.32 Å². The zero-order valence-electron chi connectivity index (χ0n) is 12.7. The lowest BCUT2D eigenvalue weighted by Crippen LogP contribution is -2.43. The molecular weight excluding hydrogens is 282 g/mol. The highest BCUT2D eigenvalue weighted by Crippen LogP contribution is 2.11. The Morgan fingerprint density at radius 1 is 1.27 bits per heavy atom. The summed E-state index contributed by atoms with van der Waals surface area (Å²) in [5.74, 6) is -0.134. The summed E-state index contributed by atoms with van der Waals surface area (Å²) in [6, 6.07) is 10.4. The third kappa shape index (κ3) is 3.94. The molecule has 1 atom stereocenters. The van der Waals surface area contributed by atoms with Crippen molar-refractivity contribution in [1.82, 2.24) is 10.1 Å². The molecule has 0 saturated carbocycles. The van der Waals surface area contributed by atoms with Crippen LogP contribution in [0.2, 0.25) is 0 Å². The highest BCUT2D eigenvalue weighted by molar-refractivity contribution is 5.99. The lowest BCUT2D eigenvalue weighted by atomic mass is 10.1. The normalized spacial score (nSPS) is 11.7. The van der Waals surface area contributed by atoms with Gasteiger partial charge in [-0.3, -0.25) is 9.59 Å². The molecule has 116 valence electrons. The summed E-state index contributed by atoms with van der Waals surface area (Å²) < 4.78 is 4.66. The molecule has 0 radical (unpaired) electrons. The minimum absolute atomic E-state index is 0.0321. The summed E-state index contributed by atoms with van der Waals surface area (Å²) in [6.45, 7) is 3.87. The van der Waals surface area contributed by atoms with Crippen molar-refractivity contribution in [2.24, 2.45) is 0 Å². The number of carbonyl (C=O) groups is 2. The van der Waals surface area contributed by atoms with Crippen LogP contribution in [0.25, 0.3) is 0 Å². The number of carbonyl (C=O) groups excluding carboxylic acids is 2. The van der Waals surface area contributed by atoms with Gasteiger partial charge in [-0.1, -0.05) is 30.3 Å². The number of rotatable bonds is 6. The van der Waals surface area contributed by atoms with Gasteiger partial charge in [0.1, 0.15) is 12.8 Å². The van der Waals surface area contributed by atoms with Gasteiger partial charge in [0, 0.05) is 17.7 Å². The van der Waals surface area contributed by atoms with Crippen LogP contribution in [0.3, 0.4) is 0 Å². The molecular formula is C16H19N3O3. The zero-order valence-corrected chi connectivity index (χ0v) is 12.7. The molecule has 1 unspecified atom stereocenters. The first-order valence-electron chi connectivity index (χ1n) is 7.18. The zero-order chi connectivity index (χ0) is 15.9. The minimum Gasteiger partial charge on any atom is -0.363 e. The number of nitrogens with zero attached hydrogens (tertiary/aromatic N) is 2. The Morgan fingerprint density at radius 3 is 2.59 bits per heavy atom. The van der Waals surface area contributed by atoms with Gasteiger partial charge >= 0.3 is 0 Å². The average Bonchev–Trinajstić information content (AvgIpc) is 3.05. The van der Waals surface area contributed by atoms with Crippen molar-refractivity contribution >= 4 is 17.6 Å². The van der Waals surface area contributed by atoms with E-state index in [9.17, 15) is 9.59 Å². The van der Waals surface area contributed by atoms with Gasteiger partial charge in [-0.05, 0) is 25.5 Å². The van der Waals surface area contributed by atoms with E-state index in [0.29, 0.717) is 11.4 Å². The standard InChI is InChI=1S/C16H19N3O3/c1-3-12(2)19(16(21)13-7-5-4-6-8-13)11-15(20)17-14-9-10-22-18-14/h4-10,12H,3,11H2,1-2H3,(H,17,18,20). The lowest BCUT2D eigenvalue weighted by Gasteiger charge is -2.28. The van der Waals surface area contributed by atoms with Crippen molar-refractivity contribution in [3.05, 3.63) is 48.2 Å². The fourth-order valence-corrected chi connectivity index (χ4v) is 2.01. The fraction of sp³-hybridized carbons (Fsp3) is 0.312. The summed E-state index contributed by atoms with van der Waals surface area (Å²) in [6.07, 6.45) is 2.13. The first-order chi connectivity index (χ1) is 10.6. The van der Waals surface area contributed by atoms with Gasteiger partial charge in [-0.15, -0.1) is 0 Å². The number of hydrogen-bond donors (Lipinski definition) is 1. The van der Waals surface area contributed by atoms with Gasteiger partial charge in [0.05, 0.1) is 0 Å². The second kappa shape index (κ2) is 7.40. The van der Waals surface area contributed by atoms with E-state index >= 15 is 0 Å². The number of nitrogens with one attached hydrogen (secondary N) is 1. The third-order valence-electron chi connectivity index (χ3n) is 3.42. The summed E-state index contributed by atoms with van der Waals surface area (Å²) in [4.78, 5) is 26.2. The molecule has 0 saturated heterocycles. The fourth-order valence-electron chi connectivity index (χ4n) is 2.01. The molecule has 0 aliphatic rings. The number of hydrogen-bond acceptors (Lipinski definition) is 4. The molecule has 0 bridgehead atoms. The van der Waals surface area contributed by atoms with Gasteiger partial charge in [-0.2, -0.15) is 0 Å². The molecule has 1 heterocycles. The van der Waals surface area contributed by atoms with Crippen molar-refractivity contribution in [1.29, 1.82) is 0 Å². The van der Waals surface area contributed by atoms with Crippen LogP contribution in [0.15, 0.2) is 47.2 Å². The number of anilines is 1. The summed E-state index contributed by atoms with van der Waals surface area (Å²) >= 11 is 0. The Kier molecular flexibility index (Phi) is 5.30. The molecule has 6 nitrogen and oxygen atoms in total. The molecule has 2 amide bonds.